The number of amides is 4. The van der Waals surface area contributed by atoms with Crippen LogP contribution in [0.5, 0.6) is 0 Å². The zero-order valence-corrected chi connectivity index (χ0v) is 15.1. The van der Waals surface area contributed by atoms with E-state index in [1.54, 1.807) is 49.4 Å². The van der Waals surface area contributed by atoms with Crippen molar-refractivity contribution in [1.82, 2.24) is 15.1 Å². The third kappa shape index (κ3) is 3.53. The van der Waals surface area contributed by atoms with Crippen LogP contribution in [-0.4, -0.2) is 41.2 Å². The smallest absolute Gasteiger partial charge is 0.325 e. The van der Waals surface area contributed by atoms with Crippen LogP contribution in [0, 0.1) is 5.82 Å². The Bertz CT molecular complexity index is 887. The molecule has 1 N–H and O–H groups in total. The number of nitrogens with zero attached hydrogens (tertiary/aromatic N) is 2. The molecule has 0 radical (unpaired) electrons. The van der Waals surface area contributed by atoms with Crippen LogP contribution < -0.4 is 5.32 Å². The molecular formula is C20H20FN3O3. The van der Waals surface area contributed by atoms with Gasteiger partial charge in [-0.15, -0.1) is 0 Å². The molecule has 1 saturated heterocycles. The molecule has 2 aromatic rings. The number of benzene rings is 2. The van der Waals surface area contributed by atoms with Crippen molar-refractivity contribution in [3.8, 4) is 0 Å². The number of rotatable bonds is 5. The molecule has 6 nitrogen and oxygen atoms in total. The van der Waals surface area contributed by atoms with Gasteiger partial charge < -0.3 is 10.2 Å². The highest BCUT2D eigenvalue weighted by atomic mass is 19.1. The predicted molar refractivity (Wildman–Crippen MR) is 96.9 cm³/mol. The standard InChI is InChI=1S/C20H20FN3O3/c1-20(15-9-4-3-5-10-15)18(26)24(19(27)22-20)13-17(25)23(2)12-14-8-6-7-11-16(14)21/h3-11H,12-13H2,1-2H3,(H,22,27)/t20-/m0/s1. The van der Waals surface area contributed by atoms with Gasteiger partial charge in [-0.05, 0) is 18.6 Å². The van der Waals surface area contributed by atoms with Gasteiger partial charge in [-0.3, -0.25) is 14.5 Å². The monoisotopic (exact) mass is 369 g/mol. The number of likely N-dealkylation sites (N-methyl/N-ethyl adjacent to an activating group) is 1. The van der Waals surface area contributed by atoms with E-state index in [0.29, 0.717) is 11.1 Å². The number of hydrogen-bond donors (Lipinski definition) is 1. The maximum Gasteiger partial charge on any atom is 0.325 e. The van der Waals surface area contributed by atoms with Gasteiger partial charge >= 0.3 is 6.03 Å². The quantitative estimate of drug-likeness (QED) is 0.822. The SMILES string of the molecule is CN(Cc1ccccc1F)C(=O)CN1C(=O)N[C@@](C)(c2ccccc2)C1=O. The van der Waals surface area contributed by atoms with Crippen molar-refractivity contribution >= 4 is 17.8 Å². The number of urea groups is 1. The number of halogens is 1. The molecule has 2 aromatic carbocycles. The number of carbonyl (C=O) groups excluding carboxylic acids is 3. The fraction of sp³-hybridized carbons (Fsp3) is 0.250. The summed E-state index contributed by atoms with van der Waals surface area (Å²) in [6, 6.07) is 14.4. The molecule has 0 aliphatic carbocycles. The third-order valence-electron chi connectivity index (χ3n) is 4.71. The predicted octanol–water partition coefficient (Wildman–Crippen LogP) is 2.25. The first-order valence-corrected chi connectivity index (χ1v) is 8.50. The Morgan fingerprint density at radius 2 is 1.74 bits per heavy atom. The van der Waals surface area contributed by atoms with Gasteiger partial charge in [-0.25, -0.2) is 9.18 Å². The van der Waals surface area contributed by atoms with Crippen LogP contribution in [0.2, 0.25) is 0 Å². The topological polar surface area (TPSA) is 69.7 Å². The average molecular weight is 369 g/mol. The van der Waals surface area contributed by atoms with E-state index in [-0.39, 0.29) is 6.54 Å². The lowest BCUT2D eigenvalue weighted by Crippen LogP contribution is -2.43. The molecule has 0 saturated carbocycles. The Labute approximate surface area is 156 Å². The second kappa shape index (κ2) is 7.19. The van der Waals surface area contributed by atoms with E-state index < -0.39 is 35.7 Å². The Morgan fingerprint density at radius 1 is 1.11 bits per heavy atom. The second-order valence-electron chi connectivity index (χ2n) is 6.65. The highest BCUT2D eigenvalue weighted by Gasteiger charge is 2.49. The Balaban J connectivity index is 1.72. The van der Waals surface area contributed by atoms with Crippen molar-refractivity contribution in [2.45, 2.75) is 19.0 Å². The van der Waals surface area contributed by atoms with Gasteiger partial charge in [0.25, 0.3) is 5.91 Å². The fourth-order valence-corrected chi connectivity index (χ4v) is 3.03. The average Bonchev–Trinajstić information content (AvgIpc) is 2.88. The van der Waals surface area contributed by atoms with Crippen molar-refractivity contribution in [3.63, 3.8) is 0 Å². The summed E-state index contributed by atoms with van der Waals surface area (Å²) >= 11 is 0. The van der Waals surface area contributed by atoms with Gasteiger partial charge in [0.05, 0.1) is 0 Å². The molecule has 3 rings (SSSR count). The van der Waals surface area contributed by atoms with E-state index >= 15 is 0 Å². The van der Waals surface area contributed by atoms with E-state index in [1.165, 1.54) is 18.0 Å². The normalized spacial score (nSPS) is 19.1. The Kier molecular flexibility index (Phi) is 4.94. The number of nitrogens with one attached hydrogen (secondary N) is 1. The molecule has 1 fully saturated rings. The molecule has 1 aliphatic heterocycles. The summed E-state index contributed by atoms with van der Waals surface area (Å²) in [5.74, 6) is -1.37. The van der Waals surface area contributed by atoms with Gasteiger partial charge in [0.2, 0.25) is 5.91 Å². The molecule has 140 valence electrons. The van der Waals surface area contributed by atoms with Crippen LogP contribution in [-0.2, 0) is 21.7 Å². The van der Waals surface area contributed by atoms with Gasteiger partial charge in [-0.1, -0.05) is 48.5 Å². The largest absolute Gasteiger partial charge is 0.340 e. The molecule has 0 bridgehead atoms. The number of imide groups is 1. The molecule has 7 heteroatoms. The minimum atomic E-state index is -1.22. The van der Waals surface area contributed by atoms with E-state index in [4.69, 9.17) is 0 Å². The first-order chi connectivity index (χ1) is 12.8. The maximum atomic E-state index is 13.8. The van der Waals surface area contributed by atoms with Crippen molar-refractivity contribution in [2.24, 2.45) is 0 Å². The van der Waals surface area contributed by atoms with Crippen molar-refractivity contribution in [1.29, 1.82) is 0 Å². The zero-order valence-electron chi connectivity index (χ0n) is 15.1. The van der Waals surface area contributed by atoms with Crippen LogP contribution in [0.1, 0.15) is 18.1 Å². The van der Waals surface area contributed by atoms with E-state index in [2.05, 4.69) is 5.32 Å². The summed E-state index contributed by atoms with van der Waals surface area (Å²) in [5.41, 5.74) is -0.222. The lowest BCUT2D eigenvalue weighted by atomic mass is 9.92. The van der Waals surface area contributed by atoms with Crippen LogP contribution in [0.15, 0.2) is 54.6 Å². The fourth-order valence-electron chi connectivity index (χ4n) is 3.03. The molecule has 0 aromatic heterocycles. The first-order valence-electron chi connectivity index (χ1n) is 8.50. The van der Waals surface area contributed by atoms with E-state index in [0.717, 1.165) is 4.90 Å². The highest BCUT2D eigenvalue weighted by Crippen LogP contribution is 2.28. The number of carbonyl (C=O) groups is 3. The lowest BCUT2D eigenvalue weighted by molar-refractivity contribution is -0.138. The summed E-state index contributed by atoms with van der Waals surface area (Å²) < 4.78 is 13.8. The molecule has 1 aliphatic rings. The molecule has 0 spiro atoms. The summed E-state index contributed by atoms with van der Waals surface area (Å²) in [5, 5.41) is 2.66. The summed E-state index contributed by atoms with van der Waals surface area (Å²) in [4.78, 5) is 39.8. The zero-order chi connectivity index (χ0) is 19.6. The van der Waals surface area contributed by atoms with Gasteiger partial charge in [0.15, 0.2) is 0 Å². The molecule has 1 atom stereocenters. The molecular weight excluding hydrogens is 349 g/mol. The number of hydrogen-bond acceptors (Lipinski definition) is 3. The lowest BCUT2D eigenvalue weighted by Gasteiger charge is -2.23. The van der Waals surface area contributed by atoms with E-state index in [9.17, 15) is 18.8 Å². The minimum absolute atomic E-state index is 0.0467. The maximum absolute atomic E-state index is 13.8. The van der Waals surface area contributed by atoms with Gasteiger partial charge in [0.1, 0.15) is 17.9 Å². The summed E-state index contributed by atoms with van der Waals surface area (Å²) in [7, 11) is 1.50. The molecule has 27 heavy (non-hydrogen) atoms. The van der Waals surface area contributed by atoms with Crippen LogP contribution >= 0.6 is 0 Å². The first kappa shape index (κ1) is 18.6. The highest BCUT2D eigenvalue weighted by molar-refractivity contribution is 6.09. The molecule has 1 heterocycles. The Morgan fingerprint density at radius 3 is 2.41 bits per heavy atom. The van der Waals surface area contributed by atoms with E-state index in [1.807, 2.05) is 6.07 Å². The van der Waals surface area contributed by atoms with Crippen LogP contribution in [0.3, 0.4) is 0 Å². The Hall–Kier alpha value is -3.22. The van der Waals surface area contributed by atoms with Crippen LogP contribution in [0.25, 0.3) is 0 Å². The minimum Gasteiger partial charge on any atom is -0.340 e. The van der Waals surface area contributed by atoms with Crippen molar-refractivity contribution in [2.75, 3.05) is 13.6 Å². The summed E-state index contributed by atoms with van der Waals surface area (Å²) in [6.45, 7) is 1.25. The second-order valence-corrected chi connectivity index (χ2v) is 6.65. The molecule has 0 unspecified atom stereocenters. The third-order valence-corrected chi connectivity index (χ3v) is 4.71. The van der Waals surface area contributed by atoms with Gasteiger partial charge in [-0.2, -0.15) is 0 Å². The van der Waals surface area contributed by atoms with Crippen molar-refractivity contribution < 1.29 is 18.8 Å². The molecule has 4 amide bonds. The van der Waals surface area contributed by atoms with Gasteiger partial charge in [0, 0.05) is 19.2 Å². The van der Waals surface area contributed by atoms with Crippen LogP contribution in [0.4, 0.5) is 9.18 Å². The summed E-state index contributed by atoms with van der Waals surface area (Å²) in [6.07, 6.45) is 0. The van der Waals surface area contributed by atoms with Crippen molar-refractivity contribution in [3.05, 3.63) is 71.5 Å².